The van der Waals surface area contributed by atoms with Crippen molar-refractivity contribution in [3.05, 3.63) is 0 Å². The molecule has 6 heteroatoms. The zero-order chi connectivity index (χ0) is 5.82. The van der Waals surface area contributed by atoms with Gasteiger partial charge in [0.05, 0.1) is 0 Å². The van der Waals surface area contributed by atoms with E-state index in [0.29, 0.717) is 0 Å². The van der Waals surface area contributed by atoms with Crippen LogP contribution in [0.2, 0.25) is 0 Å². The summed E-state index contributed by atoms with van der Waals surface area (Å²) in [6, 6.07) is 0. The average molecular weight is 224 g/mol. The largest absolute Gasteiger partial charge is 0.343 e. The van der Waals surface area contributed by atoms with Crippen LogP contribution in [0.25, 0.3) is 0 Å². The van der Waals surface area contributed by atoms with Gasteiger partial charge in [-0.25, -0.2) is 0 Å². The fraction of sp³-hybridized carbons (Fsp3) is 0.800. The number of piperazine rings is 1. The summed E-state index contributed by atoms with van der Waals surface area (Å²) in [5, 5.41) is 3.15. The van der Waals surface area contributed by atoms with Gasteiger partial charge in [-0.2, -0.15) is 0 Å². The Labute approximate surface area is 85.1 Å². The van der Waals surface area contributed by atoms with Crippen molar-refractivity contribution < 1.29 is 4.79 Å². The molecule has 0 aliphatic carbocycles. The predicted octanol–water partition coefficient (Wildman–Crippen LogP) is 0.313. The highest BCUT2D eigenvalue weighted by Crippen LogP contribution is 1.84. The van der Waals surface area contributed by atoms with Crippen molar-refractivity contribution in [2.45, 2.75) is 0 Å². The molecule has 70 valence electrons. The van der Waals surface area contributed by atoms with E-state index >= 15 is 0 Å². The molecule has 1 heterocycles. The lowest BCUT2D eigenvalue weighted by molar-refractivity contribution is -0.118. The Morgan fingerprint density at radius 2 is 1.55 bits per heavy atom. The van der Waals surface area contributed by atoms with Gasteiger partial charge in [0, 0.05) is 26.2 Å². The minimum atomic E-state index is 0. The van der Waals surface area contributed by atoms with Crippen LogP contribution in [0.5, 0.6) is 0 Å². The van der Waals surface area contributed by atoms with Crippen molar-refractivity contribution in [2.24, 2.45) is 0 Å². The van der Waals surface area contributed by atoms with Crippen molar-refractivity contribution in [3.63, 3.8) is 0 Å². The van der Waals surface area contributed by atoms with Gasteiger partial charge >= 0.3 is 0 Å². The quantitative estimate of drug-likeness (QED) is 0.649. The van der Waals surface area contributed by atoms with Crippen LogP contribution >= 0.6 is 37.2 Å². The standard InChI is InChI=1S/C5H10N2O.3ClH/c8-5-7-3-1-6-2-4-7;;;/h5-6H,1-4H2;3*1H. The van der Waals surface area contributed by atoms with E-state index in [9.17, 15) is 4.79 Å². The van der Waals surface area contributed by atoms with Crippen molar-refractivity contribution in [3.8, 4) is 0 Å². The number of amides is 1. The van der Waals surface area contributed by atoms with Gasteiger partial charge in [0.2, 0.25) is 6.41 Å². The van der Waals surface area contributed by atoms with E-state index in [-0.39, 0.29) is 37.2 Å². The topological polar surface area (TPSA) is 32.3 Å². The van der Waals surface area contributed by atoms with Crippen molar-refractivity contribution in [2.75, 3.05) is 26.2 Å². The molecule has 1 rings (SSSR count). The molecule has 0 unspecified atom stereocenters. The number of carbonyl (C=O) groups excluding carboxylic acids is 1. The summed E-state index contributed by atoms with van der Waals surface area (Å²) in [5.41, 5.74) is 0. The van der Waals surface area contributed by atoms with Crippen LogP contribution in [0.4, 0.5) is 0 Å². The molecule has 0 spiro atoms. The summed E-state index contributed by atoms with van der Waals surface area (Å²) in [6.07, 6.45) is 0.904. The molecule has 1 amide bonds. The molecular weight excluding hydrogens is 210 g/mol. The van der Waals surface area contributed by atoms with Gasteiger partial charge in [-0.3, -0.25) is 4.79 Å². The van der Waals surface area contributed by atoms with Crippen molar-refractivity contribution in [1.29, 1.82) is 0 Å². The Balaban J connectivity index is -0.000000213. The third kappa shape index (κ3) is 6.69. The molecular formula is C5H13Cl3N2O. The van der Waals surface area contributed by atoms with E-state index in [2.05, 4.69) is 5.32 Å². The second-order valence-electron chi connectivity index (χ2n) is 1.89. The lowest BCUT2D eigenvalue weighted by Gasteiger charge is -2.22. The highest BCUT2D eigenvalue weighted by molar-refractivity contribution is 5.86. The van der Waals surface area contributed by atoms with Crippen LogP contribution < -0.4 is 5.32 Å². The zero-order valence-electron chi connectivity index (χ0n) is 5.99. The molecule has 0 aromatic rings. The van der Waals surface area contributed by atoms with Crippen molar-refractivity contribution >= 4 is 43.6 Å². The Morgan fingerprint density at radius 3 is 1.82 bits per heavy atom. The van der Waals surface area contributed by atoms with Crippen LogP contribution in [-0.4, -0.2) is 37.5 Å². The van der Waals surface area contributed by atoms with E-state index in [1.54, 1.807) is 4.90 Å². The van der Waals surface area contributed by atoms with Crippen LogP contribution in [0.3, 0.4) is 0 Å². The first-order valence-electron chi connectivity index (χ1n) is 2.83. The summed E-state index contributed by atoms with van der Waals surface area (Å²) >= 11 is 0. The minimum Gasteiger partial charge on any atom is -0.343 e. The molecule has 0 radical (unpaired) electrons. The van der Waals surface area contributed by atoms with E-state index < -0.39 is 0 Å². The molecule has 0 aromatic heterocycles. The highest BCUT2D eigenvalue weighted by Gasteiger charge is 2.04. The molecule has 0 aromatic carbocycles. The minimum absolute atomic E-state index is 0. The Kier molecular flexibility index (Phi) is 16.3. The smallest absolute Gasteiger partial charge is 0.209 e. The first-order valence-corrected chi connectivity index (χ1v) is 2.83. The van der Waals surface area contributed by atoms with E-state index in [1.807, 2.05) is 0 Å². The molecule has 0 bridgehead atoms. The van der Waals surface area contributed by atoms with Crippen LogP contribution in [0.1, 0.15) is 0 Å². The molecule has 11 heavy (non-hydrogen) atoms. The number of nitrogens with zero attached hydrogens (tertiary/aromatic N) is 1. The lowest BCUT2D eigenvalue weighted by atomic mass is 10.4. The SMILES string of the molecule is Cl.Cl.Cl.O=CN1CCNCC1. The van der Waals surface area contributed by atoms with Gasteiger partial charge in [0.25, 0.3) is 0 Å². The van der Waals surface area contributed by atoms with Crippen LogP contribution in [-0.2, 0) is 4.79 Å². The Bertz CT molecular complexity index is 87.8. The summed E-state index contributed by atoms with van der Waals surface area (Å²) < 4.78 is 0. The molecule has 1 aliphatic rings. The molecule has 0 atom stereocenters. The first kappa shape index (κ1) is 17.4. The molecule has 1 saturated heterocycles. The second kappa shape index (κ2) is 10.3. The predicted molar refractivity (Wildman–Crippen MR) is 52.3 cm³/mol. The maximum Gasteiger partial charge on any atom is 0.209 e. The summed E-state index contributed by atoms with van der Waals surface area (Å²) in [6.45, 7) is 3.62. The summed E-state index contributed by atoms with van der Waals surface area (Å²) in [4.78, 5) is 11.8. The Morgan fingerprint density at radius 1 is 1.09 bits per heavy atom. The fourth-order valence-corrected chi connectivity index (χ4v) is 0.788. The lowest BCUT2D eigenvalue weighted by Crippen LogP contribution is -2.42. The van der Waals surface area contributed by atoms with Gasteiger partial charge in [0.1, 0.15) is 0 Å². The van der Waals surface area contributed by atoms with E-state index in [1.165, 1.54) is 0 Å². The number of nitrogens with one attached hydrogen (secondary N) is 1. The third-order valence-electron chi connectivity index (χ3n) is 1.30. The van der Waals surface area contributed by atoms with Gasteiger partial charge in [-0.15, -0.1) is 37.2 Å². The van der Waals surface area contributed by atoms with Crippen molar-refractivity contribution in [1.82, 2.24) is 10.2 Å². The normalized spacial score (nSPS) is 15.1. The van der Waals surface area contributed by atoms with E-state index in [4.69, 9.17) is 0 Å². The zero-order valence-corrected chi connectivity index (χ0v) is 8.44. The molecule has 3 nitrogen and oxygen atoms in total. The highest BCUT2D eigenvalue weighted by atomic mass is 35.5. The van der Waals surface area contributed by atoms with Crippen LogP contribution in [0.15, 0.2) is 0 Å². The summed E-state index contributed by atoms with van der Waals surface area (Å²) in [5.74, 6) is 0. The third-order valence-corrected chi connectivity index (χ3v) is 1.30. The molecule has 1 aliphatic heterocycles. The first-order chi connectivity index (χ1) is 3.93. The fourth-order valence-electron chi connectivity index (χ4n) is 0.788. The maximum atomic E-state index is 10.1. The van der Waals surface area contributed by atoms with Crippen LogP contribution in [0, 0.1) is 0 Å². The molecule has 1 N–H and O–H groups in total. The molecule has 1 fully saturated rings. The Hall–Kier alpha value is 0.300. The number of halogens is 3. The number of rotatable bonds is 1. The average Bonchev–Trinajstić information content (AvgIpc) is 1.90. The van der Waals surface area contributed by atoms with Gasteiger partial charge in [0.15, 0.2) is 0 Å². The maximum absolute atomic E-state index is 10.1. The number of hydrogen-bond acceptors (Lipinski definition) is 2. The number of hydrogen-bond donors (Lipinski definition) is 1. The number of carbonyl (C=O) groups is 1. The monoisotopic (exact) mass is 222 g/mol. The molecule has 0 saturated carbocycles. The second-order valence-corrected chi connectivity index (χ2v) is 1.89. The van der Waals surface area contributed by atoms with E-state index in [0.717, 1.165) is 32.6 Å². The van der Waals surface area contributed by atoms with Gasteiger partial charge in [-0.05, 0) is 0 Å². The van der Waals surface area contributed by atoms with Gasteiger partial charge in [-0.1, -0.05) is 0 Å². The summed E-state index contributed by atoms with van der Waals surface area (Å²) in [7, 11) is 0. The van der Waals surface area contributed by atoms with Gasteiger partial charge < -0.3 is 10.2 Å².